The maximum Gasteiger partial charge on any atom is 0.320 e. The molecule has 198 valence electrons. The number of esters is 3. The van der Waals surface area contributed by atoms with Gasteiger partial charge < -0.3 is 14.2 Å². The molecule has 3 saturated carbocycles. The molecular weight excluding hydrogens is 446 g/mol. The van der Waals surface area contributed by atoms with Crippen LogP contribution in [0.5, 0.6) is 0 Å². The average molecular weight is 492 g/mol. The fraction of sp³-hybridized carbons (Fsp3) is 0.893. The second kappa shape index (κ2) is 9.35. The quantitative estimate of drug-likeness (QED) is 0.368. The van der Waals surface area contributed by atoms with Gasteiger partial charge in [-0.15, -0.1) is 0 Å². The minimum absolute atomic E-state index is 0.0593. The van der Waals surface area contributed by atoms with Gasteiger partial charge in [-0.3, -0.25) is 19.3 Å². The molecule has 6 atom stereocenters. The van der Waals surface area contributed by atoms with Gasteiger partial charge in [-0.1, -0.05) is 12.8 Å². The van der Waals surface area contributed by atoms with Gasteiger partial charge in [0.15, 0.2) is 0 Å². The fourth-order valence-corrected chi connectivity index (χ4v) is 7.82. The topological polar surface area (TPSA) is 82.1 Å². The van der Waals surface area contributed by atoms with Gasteiger partial charge in [0.05, 0.1) is 18.4 Å². The molecule has 4 rings (SSSR count). The largest absolute Gasteiger partial charge is 0.460 e. The van der Waals surface area contributed by atoms with Crippen molar-refractivity contribution in [1.29, 1.82) is 0 Å². The second-order valence-electron chi connectivity index (χ2n) is 13.0. The molecule has 6 unspecified atom stereocenters. The zero-order valence-corrected chi connectivity index (χ0v) is 22.8. The van der Waals surface area contributed by atoms with Crippen LogP contribution in [0.2, 0.25) is 0 Å². The number of cyclic esters (lactones) is 1. The molecule has 35 heavy (non-hydrogen) atoms. The van der Waals surface area contributed by atoms with Crippen molar-refractivity contribution in [2.45, 2.75) is 117 Å². The first-order valence-corrected chi connectivity index (χ1v) is 13.7. The summed E-state index contributed by atoms with van der Waals surface area (Å²) < 4.78 is 18.1. The SMILES string of the molecule is CC(C)N(CC(=O)OC1C2CC(C1C(=O)OC(C)(C)C1CCCC1)C1C(=O)OC(C)(C)C21)C(C)C. The summed E-state index contributed by atoms with van der Waals surface area (Å²) in [4.78, 5) is 41.8. The third kappa shape index (κ3) is 4.74. The summed E-state index contributed by atoms with van der Waals surface area (Å²) in [5, 5.41) is 0. The highest BCUT2D eigenvalue weighted by molar-refractivity contribution is 5.82. The number of hydrogen-bond acceptors (Lipinski definition) is 7. The van der Waals surface area contributed by atoms with Gasteiger partial charge in [0.25, 0.3) is 0 Å². The van der Waals surface area contributed by atoms with E-state index in [4.69, 9.17) is 14.2 Å². The fourth-order valence-electron chi connectivity index (χ4n) is 7.82. The monoisotopic (exact) mass is 491 g/mol. The lowest BCUT2D eigenvalue weighted by Crippen LogP contribution is -2.51. The molecule has 0 aromatic heterocycles. The molecule has 0 aromatic rings. The predicted octanol–water partition coefficient (Wildman–Crippen LogP) is 4.36. The Morgan fingerprint density at radius 1 is 1.09 bits per heavy atom. The first-order valence-electron chi connectivity index (χ1n) is 13.7. The van der Waals surface area contributed by atoms with Gasteiger partial charge in [-0.2, -0.15) is 0 Å². The number of hydrogen-bond donors (Lipinski definition) is 0. The highest BCUT2D eigenvalue weighted by Crippen LogP contribution is 2.63. The normalized spacial score (nSPS) is 34.1. The summed E-state index contributed by atoms with van der Waals surface area (Å²) in [6.45, 7) is 16.3. The van der Waals surface area contributed by atoms with Crippen LogP contribution in [-0.2, 0) is 28.6 Å². The predicted molar refractivity (Wildman–Crippen MR) is 131 cm³/mol. The zero-order valence-electron chi connectivity index (χ0n) is 22.8. The lowest BCUT2D eigenvalue weighted by molar-refractivity contribution is -0.182. The number of ether oxygens (including phenoxy) is 3. The number of carbonyl (C=O) groups excluding carboxylic acids is 3. The van der Waals surface area contributed by atoms with Crippen molar-refractivity contribution < 1.29 is 28.6 Å². The molecule has 0 amide bonds. The number of carbonyl (C=O) groups is 3. The molecule has 3 aliphatic carbocycles. The maximum absolute atomic E-state index is 13.7. The van der Waals surface area contributed by atoms with E-state index in [1.807, 2.05) is 27.7 Å². The number of rotatable bonds is 8. The highest BCUT2D eigenvalue weighted by atomic mass is 16.6. The Morgan fingerprint density at radius 2 is 1.69 bits per heavy atom. The first kappa shape index (κ1) is 26.4. The van der Waals surface area contributed by atoms with Crippen molar-refractivity contribution in [3.63, 3.8) is 0 Å². The highest BCUT2D eigenvalue weighted by Gasteiger charge is 2.71. The van der Waals surface area contributed by atoms with E-state index >= 15 is 0 Å². The van der Waals surface area contributed by atoms with Crippen molar-refractivity contribution >= 4 is 17.9 Å². The molecule has 1 aliphatic heterocycles. The summed E-state index contributed by atoms with van der Waals surface area (Å²) in [5.74, 6) is -1.86. The lowest BCUT2D eigenvalue weighted by Gasteiger charge is -2.40. The minimum Gasteiger partial charge on any atom is -0.460 e. The third-order valence-electron chi connectivity index (χ3n) is 9.41. The Morgan fingerprint density at radius 3 is 2.26 bits per heavy atom. The van der Waals surface area contributed by atoms with Crippen LogP contribution in [0.25, 0.3) is 0 Å². The van der Waals surface area contributed by atoms with Gasteiger partial charge in [-0.25, -0.2) is 0 Å². The van der Waals surface area contributed by atoms with Crippen molar-refractivity contribution in [3.8, 4) is 0 Å². The van der Waals surface area contributed by atoms with E-state index in [-0.39, 0.29) is 60.2 Å². The van der Waals surface area contributed by atoms with E-state index in [1.165, 1.54) is 0 Å². The van der Waals surface area contributed by atoms with Crippen molar-refractivity contribution in [1.82, 2.24) is 4.90 Å². The van der Waals surface area contributed by atoms with Crippen LogP contribution < -0.4 is 0 Å². The molecule has 7 nitrogen and oxygen atoms in total. The van der Waals surface area contributed by atoms with Gasteiger partial charge in [-0.05, 0) is 86.5 Å². The third-order valence-corrected chi connectivity index (χ3v) is 9.41. The van der Waals surface area contributed by atoms with Crippen LogP contribution in [0.15, 0.2) is 0 Å². The van der Waals surface area contributed by atoms with E-state index in [2.05, 4.69) is 32.6 Å². The molecule has 1 heterocycles. The number of fused-ring (bicyclic) bond motifs is 5. The molecule has 0 spiro atoms. The standard InChI is InChI=1S/C28H45NO6/c1-15(2)29(16(3)4)14-20(30)33-24-19-13-18(21-23(19)28(7,8)35-25(21)31)22(24)26(32)34-27(5,6)17-11-9-10-12-17/h15-19,21-24H,9-14H2,1-8H3. The van der Waals surface area contributed by atoms with Crippen LogP contribution in [0.4, 0.5) is 0 Å². The van der Waals surface area contributed by atoms with Crippen LogP contribution >= 0.6 is 0 Å². The van der Waals surface area contributed by atoms with E-state index in [9.17, 15) is 14.4 Å². The molecule has 4 aliphatic rings. The van der Waals surface area contributed by atoms with Crippen molar-refractivity contribution in [2.24, 2.45) is 35.5 Å². The molecule has 7 heteroatoms. The Labute approximate surface area is 210 Å². The first-order chi connectivity index (χ1) is 16.2. The summed E-state index contributed by atoms with van der Waals surface area (Å²) in [6, 6.07) is 0.388. The van der Waals surface area contributed by atoms with Gasteiger partial charge in [0.1, 0.15) is 17.3 Å². The van der Waals surface area contributed by atoms with Crippen molar-refractivity contribution in [3.05, 3.63) is 0 Å². The van der Waals surface area contributed by atoms with E-state index in [0.29, 0.717) is 12.3 Å². The minimum atomic E-state index is -0.633. The van der Waals surface area contributed by atoms with Crippen LogP contribution in [0.3, 0.4) is 0 Å². The van der Waals surface area contributed by atoms with E-state index in [1.54, 1.807) is 0 Å². The summed E-state index contributed by atoms with van der Waals surface area (Å²) >= 11 is 0. The molecular formula is C28H45NO6. The zero-order chi connectivity index (χ0) is 25.9. The molecule has 1 saturated heterocycles. The van der Waals surface area contributed by atoms with E-state index < -0.39 is 23.2 Å². The molecule has 0 aromatic carbocycles. The Kier molecular flexibility index (Phi) is 7.06. The average Bonchev–Trinajstić information content (AvgIpc) is 3.48. The summed E-state index contributed by atoms with van der Waals surface area (Å²) in [7, 11) is 0. The van der Waals surface area contributed by atoms with Crippen LogP contribution in [-0.4, -0.2) is 58.7 Å². The second-order valence-corrected chi connectivity index (χ2v) is 13.0. The summed E-state index contributed by atoms with van der Waals surface area (Å²) in [6.07, 6.45) is 4.53. The Balaban J connectivity index is 1.57. The molecule has 0 radical (unpaired) electrons. The lowest BCUT2D eigenvalue weighted by atomic mass is 9.68. The van der Waals surface area contributed by atoms with Gasteiger partial charge in [0.2, 0.25) is 0 Å². The maximum atomic E-state index is 13.7. The van der Waals surface area contributed by atoms with Crippen molar-refractivity contribution in [2.75, 3.05) is 6.54 Å². The summed E-state index contributed by atoms with van der Waals surface area (Å²) in [5.41, 5.74) is -1.21. The van der Waals surface area contributed by atoms with E-state index in [0.717, 1.165) is 25.7 Å². The Hall–Kier alpha value is -1.63. The molecule has 4 fully saturated rings. The van der Waals surface area contributed by atoms with Crippen LogP contribution in [0.1, 0.15) is 87.5 Å². The Bertz CT molecular complexity index is 834. The van der Waals surface area contributed by atoms with Gasteiger partial charge in [0, 0.05) is 23.9 Å². The van der Waals surface area contributed by atoms with Gasteiger partial charge >= 0.3 is 17.9 Å². The molecule has 0 N–H and O–H groups in total. The molecule has 2 bridgehead atoms. The number of nitrogens with zero attached hydrogens (tertiary/aromatic N) is 1. The smallest absolute Gasteiger partial charge is 0.320 e. The van der Waals surface area contributed by atoms with Crippen LogP contribution in [0, 0.1) is 35.5 Å².